The number of hydrogen-bond acceptors (Lipinski definition) is 4. The van der Waals surface area contributed by atoms with Crippen molar-refractivity contribution in [2.24, 2.45) is 0 Å². The molecule has 2 aromatic rings. The molecule has 0 saturated carbocycles. The highest BCUT2D eigenvalue weighted by Gasteiger charge is 2.51. The van der Waals surface area contributed by atoms with Crippen LogP contribution >= 0.6 is 0 Å². The van der Waals surface area contributed by atoms with Crippen LogP contribution in [0.4, 0.5) is 10.5 Å². The highest BCUT2D eigenvalue weighted by atomic mass is 16.2. The van der Waals surface area contributed by atoms with Crippen molar-refractivity contribution in [2.45, 2.75) is 31.7 Å². The van der Waals surface area contributed by atoms with Crippen LogP contribution in [0.15, 0.2) is 54.6 Å². The Morgan fingerprint density at radius 1 is 1.03 bits per heavy atom. The van der Waals surface area contributed by atoms with Gasteiger partial charge in [-0.1, -0.05) is 37.3 Å². The molecule has 4 rings (SSSR count). The number of benzene rings is 2. The number of nitrogens with zero attached hydrogens (tertiary/aromatic N) is 2. The van der Waals surface area contributed by atoms with Gasteiger partial charge in [0.15, 0.2) is 5.78 Å². The normalized spacial score (nSPS) is 21.3. The number of carbonyl (C=O) groups excluding carboxylic acids is 4. The number of anilines is 1. The molecule has 0 aliphatic carbocycles. The molecular weight excluding hydrogens is 382 g/mol. The summed E-state index contributed by atoms with van der Waals surface area (Å²) in [5.41, 5.74) is 0.678. The van der Waals surface area contributed by atoms with Crippen molar-refractivity contribution in [3.05, 3.63) is 65.7 Å². The lowest BCUT2D eigenvalue weighted by molar-refractivity contribution is -0.131. The highest BCUT2D eigenvalue weighted by molar-refractivity contribution is 6.11. The van der Waals surface area contributed by atoms with Crippen molar-refractivity contribution in [1.29, 1.82) is 0 Å². The molecule has 1 atom stereocenters. The van der Waals surface area contributed by atoms with Gasteiger partial charge in [-0.3, -0.25) is 19.3 Å². The zero-order valence-corrected chi connectivity index (χ0v) is 16.8. The summed E-state index contributed by atoms with van der Waals surface area (Å²) in [6.45, 7) is 2.17. The maximum Gasteiger partial charge on any atom is 0.325 e. The summed E-state index contributed by atoms with van der Waals surface area (Å²) in [5.74, 6) is -0.683. The Hall–Kier alpha value is -3.48. The first-order valence-electron chi connectivity index (χ1n) is 10.1. The largest absolute Gasteiger partial charge is 0.325 e. The van der Waals surface area contributed by atoms with E-state index in [9.17, 15) is 19.2 Å². The third kappa shape index (κ3) is 3.26. The molecule has 2 fully saturated rings. The smallest absolute Gasteiger partial charge is 0.319 e. The molecule has 0 spiro atoms. The van der Waals surface area contributed by atoms with Gasteiger partial charge in [-0.2, -0.15) is 0 Å². The molecule has 0 aromatic heterocycles. The van der Waals surface area contributed by atoms with Crippen LogP contribution in [0.2, 0.25) is 0 Å². The first-order chi connectivity index (χ1) is 14.5. The zero-order chi connectivity index (χ0) is 21.3. The summed E-state index contributed by atoms with van der Waals surface area (Å²) in [5, 5.41) is 2.78. The quantitative estimate of drug-likeness (QED) is 0.591. The van der Waals surface area contributed by atoms with E-state index in [2.05, 4.69) is 5.32 Å². The fourth-order valence-electron chi connectivity index (χ4n) is 4.12. The van der Waals surface area contributed by atoms with E-state index < -0.39 is 17.5 Å². The lowest BCUT2D eigenvalue weighted by Gasteiger charge is -2.25. The number of ketones is 1. The van der Waals surface area contributed by atoms with Crippen molar-refractivity contribution in [3.63, 3.8) is 0 Å². The second-order valence-corrected chi connectivity index (χ2v) is 7.57. The van der Waals surface area contributed by atoms with Crippen LogP contribution < -0.4 is 10.2 Å². The van der Waals surface area contributed by atoms with Crippen LogP contribution in [0.3, 0.4) is 0 Å². The van der Waals surface area contributed by atoms with E-state index in [1.165, 1.54) is 0 Å². The van der Waals surface area contributed by atoms with Crippen LogP contribution in [-0.2, 0) is 15.1 Å². The molecule has 7 heteroatoms. The van der Waals surface area contributed by atoms with Gasteiger partial charge in [0.1, 0.15) is 5.54 Å². The summed E-state index contributed by atoms with van der Waals surface area (Å²) in [6, 6.07) is 15.2. The van der Waals surface area contributed by atoms with Crippen LogP contribution in [0.1, 0.15) is 42.1 Å². The van der Waals surface area contributed by atoms with Gasteiger partial charge in [0.2, 0.25) is 5.91 Å². The summed E-state index contributed by atoms with van der Waals surface area (Å²) in [6.07, 6.45) is 1.74. The van der Waals surface area contributed by atoms with E-state index in [1.54, 1.807) is 41.3 Å². The molecule has 0 bridgehead atoms. The Kier molecular flexibility index (Phi) is 5.11. The molecule has 154 valence electrons. The van der Waals surface area contributed by atoms with Gasteiger partial charge in [-0.05, 0) is 42.7 Å². The molecule has 2 aliphatic rings. The van der Waals surface area contributed by atoms with Crippen molar-refractivity contribution in [3.8, 4) is 0 Å². The Bertz CT molecular complexity index is 1000. The minimum atomic E-state index is -1.15. The fraction of sp³-hybridized carbons (Fsp3) is 0.304. The van der Waals surface area contributed by atoms with Crippen LogP contribution in [0.5, 0.6) is 0 Å². The lowest BCUT2D eigenvalue weighted by atomic mass is 9.87. The third-order valence-corrected chi connectivity index (χ3v) is 5.85. The molecule has 0 radical (unpaired) electrons. The van der Waals surface area contributed by atoms with Crippen LogP contribution in [0, 0.1) is 0 Å². The maximum atomic E-state index is 13.1. The number of carbonyl (C=O) groups is 4. The van der Waals surface area contributed by atoms with Crippen LogP contribution in [-0.4, -0.2) is 41.6 Å². The first kappa shape index (κ1) is 19.8. The average molecular weight is 405 g/mol. The fourth-order valence-corrected chi connectivity index (χ4v) is 4.12. The second kappa shape index (κ2) is 7.74. The Balaban J connectivity index is 1.51. The number of rotatable bonds is 6. The molecule has 2 aromatic carbocycles. The summed E-state index contributed by atoms with van der Waals surface area (Å²) in [7, 11) is 0. The van der Waals surface area contributed by atoms with Gasteiger partial charge >= 0.3 is 6.03 Å². The predicted molar refractivity (Wildman–Crippen MR) is 111 cm³/mol. The molecule has 1 N–H and O–H groups in total. The number of Topliss-reactive ketones (excluding diaryl/α,β-unsaturated/α-hetero) is 1. The minimum absolute atomic E-state index is 0.0743. The lowest BCUT2D eigenvalue weighted by Crippen LogP contribution is -2.43. The van der Waals surface area contributed by atoms with E-state index in [0.29, 0.717) is 30.5 Å². The topological polar surface area (TPSA) is 86.8 Å². The van der Waals surface area contributed by atoms with E-state index in [-0.39, 0.29) is 18.2 Å². The van der Waals surface area contributed by atoms with Gasteiger partial charge in [0.25, 0.3) is 5.91 Å². The summed E-state index contributed by atoms with van der Waals surface area (Å²) in [4.78, 5) is 53.0. The Labute approximate surface area is 174 Å². The van der Waals surface area contributed by atoms with Gasteiger partial charge in [0, 0.05) is 24.2 Å². The third-order valence-electron chi connectivity index (χ3n) is 5.85. The van der Waals surface area contributed by atoms with Gasteiger partial charge in [-0.25, -0.2) is 4.79 Å². The molecule has 4 amide bonds. The second-order valence-electron chi connectivity index (χ2n) is 7.57. The molecule has 30 heavy (non-hydrogen) atoms. The number of hydrogen-bond donors (Lipinski definition) is 1. The molecule has 1 unspecified atom stereocenters. The van der Waals surface area contributed by atoms with Gasteiger partial charge < -0.3 is 10.2 Å². The molecule has 2 heterocycles. The SMILES string of the molecule is CCC1(c2ccccc2)NC(=O)N(CC(=O)c2ccc(N3CCCC3=O)cc2)C1=O. The van der Waals surface area contributed by atoms with Gasteiger partial charge in [-0.15, -0.1) is 0 Å². The molecular formula is C23H23N3O4. The molecule has 7 nitrogen and oxygen atoms in total. The predicted octanol–water partition coefficient (Wildman–Crippen LogP) is 2.85. The van der Waals surface area contributed by atoms with Crippen molar-refractivity contribution < 1.29 is 19.2 Å². The Morgan fingerprint density at radius 2 is 1.73 bits per heavy atom. The van der Waals surface area contributed by atoms with Gasteiger partial charge in [0.05, 0.1) is 6.54 Å². The number of amides is 4. The summed E-state index contributed by atoms with van der Waals surface area (Å²) >= 11 is 0. The zero-order valence-electron chi connectivity index (χ0n) is 16.8. The average Bonchev–Trinajstić information content (AvgIpc) is 3.31. The van der Waals surface area contributed by atoms with Crippen molar-refractivity contribution in [2.75, 3.05) is 18.0 Å². The Morgan fingerprint density at radius 3 is 2.33 bits per heavy atom. The summed E-state index contributed by atoms with van der Waals surface area (Å²) < 4.78 is 0. The van der Waals surface area contributed by atoms with Crippen molar-refractivity contribution in [1.82, 2.24) is 10.2 Å². The standard InChI is InChI=1S/C23H23N3O4/c1-2-23(17-7-4-3-5-8-17)21(29)26(22(30)24-23)15-19(27)16-10-12-18(13-11-16)25-14-6-9-20(25)28/h3-5,7-8,10-13H,2,6,9,14-15H2,1H3,(H,24,30). The number of imide groups is 1. The van der Waals surface area contributed by atoms with E-state index in [1.807, 2.05) is 25.1 Å². The van der Waals surface area contributed by atoms with E-state index in [0.717, 1.165) is 17.0 Å². The first-order valence-corrected chi connectivity index (χ1v) is 10.1. The number of urea groups is 1. The molecule has 2 aliphatic heterocycles. The van der Waals surface area contributed by atoms with Crippen LogP contribution in [0.25, 0.3) is 0 Å². The monoisotopic (exact) mass is 405 g/mol. The van der Waals surface area contributed by atoms with E-state index >= 15 is 0 Å². The maximum absolute atomic E-state index is 13.1. The number of nitrogens with one attached hydrogen (secondary N) is 1. The van der Waals surface area contributed by atoms with Crippen molar-refractivity contribution >= 4 is 29.3 Å². The minimum Gasteiger partial charge on any atom is -0.319 e. The van der Waals surface area contributed by atoms with E-state index in [4.69, 9.17) is 0 Å². The molecule has 2 saturated heterocycles. The highest BCUT2D eigenvalue weighted by Crippen LogP contribution is 2.32.